The molecule has 1 unspecified atom stereocenters. The molecule has 0 aliphatic rings. The number of nitrogens with one attached hydrogen (secondary N) is 2. The lowest BCUT2D eigenvalue weighted by atomic mass is 10.1. The molecule has 0 saturated heterocycles. The van der Waals surface area contributed by atoms with Crippen molar-refractivity contribution in [3.8, 4) is 6.07 Å². The Balaban J connectivity index is 2.21. The Bertz CT molecular complexity index is 672. The van der Waals surface area contributed by atoms with Crippen LogP contribution in [0.5, 0.6) is 0 Å². The van der Waals surface area contributed by atoms with Gasteiger partial charge in [-0.15, -0.1) is 0 Å². The van der Waals surface area contributed by atoms with Gasteiger partial charge in [0.15, 0.2) is 0 Å². The summed E-state index contributed by atoms with van der Waals surface area (Å²) in [6.45, 7) is 1.96. The first kappa shape index (κ1) is 13.3. The van der Waals surface area contributed by atoms with E-state index in [1.165, 1.54) is 6.33 Å². The molecular formula is C13H11BrN4O. The molecule has 2 rings (SSSR count). The molecule has 0 saturated carbocycles. The fraction of sp³-hybridized carbons (Fsp3) is 0.154. The number of nitrogens with zero attached hydrogens (tertiary/aromatic N) is 2. The number of aromatic amines is 1. The average Bonchev–Trinajstić information content (AvgIpc) is 2.44. The standard InChI is InChI=1S/C13H11BrN4O/c1-8(10-4-2-9(6-15)3-5-10)18-12-11(14)13(19)17-7-16-12/h2-5,7-8H,1H3,(H2,16,17,18,19). The molecule has 6 heteroatoms. The molecule has 96 valence electrons. The molecule has 2 aromatic rings. The van der Waals surface area contributed by atoms with Crippen LogP contribution < -0.4 is 10.9 Å². The number of halogens is 1. The first-order valence-electron chi connectivity index (χ1n) is 5.61. The van der Waals surface area contributed by atoms with E-state index in [2.05, 4.69) is 37.3 Å². The van der Waals surface area contributed by atoms with Crippen molar-refractivity contribution >= 4 is 21.7 Å². The third-order valence-corrected chi connectivity index (χ3v) is 3.43. The van der Waals surface area contributed by atoms with Gasteiger partial charge in [-0.25, -0.2) is 4.98 Å². The Labute approximate surface area is 118 Å². The number of H-pyrrole nitrogens is 1. The summed E-state index contributed by atoms with van der Waals surface area (Å²) in [6, 6.07) is 9.30. The smallest absolute Gasteiger partial charge is 0.267 e. The first-order chi connectivity index (χ1) is 9.11. The number of rotatable bonds is 3. The normalized spacial score (nSPS) is 11.6. The lowest BCUT2D eigenvalue weighted by Gasteiger charge is -2.15. The predicted molar refractivity (Wildman–Crippen MR) is 75.8 cm³/mol. The highest BCUT2D eigenvalue weighted by atomic mass is 79.9. The Hall–Kier alpha value is -2.13. The zero-order valence-corrected chi connectivity index (χ0v) is 11.7. The first-order valence-corrected chi connectivity index (χ1v) is 6.41. The van der Waals surface area contributed by atoms with Gasteiger partial charge in [0.25, 0.3) is 5.56 Å². The highest BCUT2D eigenvalue weighted by Gasteiger charge is 2.10. The summed E-state index contributed by atoms with van der Waals surface area (Å²) < 4.78 is 0.371. The van der Waals surface area contributed by atoms with Crippen LogP contribution in [0.25, 0.3) is 0 Å². The molecule has 0 amide bonds. The van der Waals surface area contributed by atoms with E-state index < -0.39 is 0 Å². The topological polar surface area (TPSA) is 81.6 Å². The third-order valence-electron chi connectivity index (χ3n) is 2.69. The second-order valence-corrected chi connectivity index (χ2v) is 4.79. The van der Waals surface area contributed by atoms with Crippen molar-refractivity contribution in [2.75, 3.05) is 5.32 Å². The monoisotopic (exact) mass is 318 g/mol. The Kier molecular flexibility index (Phi) is 3.97. The fourth-order valence-electron chi connectivity index (χ4n) is 1.62. The van der Waals surface area contributed by atoms with Crippen LogP contribution in [0.4, 0.5) is 5.82 Å². The molecule has 19 heavy (non-hydrogen) atoms. The van der Waals surface area contributed by atoms with Gasteiger partial charge in [0.05, 0.1) is 18.0 Å². The summed E-state index contributed by atoms with van der Waals surface area (Å²) in [5, 5.41) is 11.9. The Morgan fingerprint density at radius 3 is 2.74 bits per heavy atom. The molecule has 2 N–H and O–H groups in total. The summed E-state index contributed by atoms with van der Waals surface area (Å²) in [6.07, 6.45) is 1.35. The van der Waals surface area contributed by atoms with E-state index in [9.17, 15) is 4.79 Å². The van der Waals surface area contributed by atoms with Crippen LogP contribution in [0.15, 0.2) is 39.9 Å². The van der Waals surface area contributed by atoms with Gasteiger partial charge in [-0.3, -0.25) is 4.79 Å². The van der Waals surface area contributed by atoms with Crippen LogP contribution in [-0.2, 0) is 0 Å². The Morgan fingerprint density at radius 2 is 2.11 bits per heavy atom. The number of anilines is 1. The van der Waals surface area contributed by atoms with E-state index in [1.54, 1.807) is 12.1 Å². The molecule has 0 aliphatic carbocycles. The van der Waals surface area contributed by atoms with Crippen LogP contribution in [0.2, 0.25) is 0 Å². The fourth-order valence-corrected chi connectivity index (χ4v) is 1.95. The second-order valence-electron chi connectivity index (χ2n) is 3.99. The second kappa shape index (κ2) is 5.67. The molecule has 5 nitrogen and oxygen atoms in total. The van der Waals surface area contributed by atoms with E-state index in [0.29, 0.717) is 15.9 Å². The predicted octanol–water partition coefficient (Wildman–Crippen LogP) is 2.58. The largest absolute Gasteiger partial charge is 0.362 e. The molecule has 0 aliphatic heterocycles. The van der Waals surface area contributed by atoms with Crippen LogP contribution in [0, 0.1) is 11.3 Å². The van der Waals surface area contributed by atoms with Gasteiger partial charge >= 0.3 is 0 Å². The van der Waals surface area contributed by atoms with Crippen molar-refractivity contribution in [1.82, 2.24) is 9.97 Å². The molecule has 0 bridgehead atoms. The van der Waals surface area contributed by atoms with E-state index in [1.807, 2.05) is 19.1 Å². The quantitative estimate of drug-likeness (QED) is 0.911. The van der Waals surface area contributed by atoms with Crippen LogP contribution >= 0.6 is 15.9 Å². The maximum absolute atomic E-state index is 11.4. The zero-order chi connectivity index (χ0) is 13.8. The molecule has 0 fully saturated rings. The number of aromatic nitrogens is 2. The van der Waals surface area contributed by atoms with Crippen LogP contribution in [0.1, 0.15) is 24.1 Å². The summed E-state index contributed by atoms with van der Waals surface area (Å²) in [7, 11) is 0. The summed E-state index contributed by atoms with van der Waals surface area (Å²) in [5.41, 5.74) is 1.39. The van der Waals surface area contributed by atoms with Crippen molar-refractivity contribution in [3.05, 3.63) is 56.5 Å². The summed E-state index contributed by atoms with van der Waals surface area (Å²) in [4.78, 5) is 18.0. The van der Waals surface area contributed by atoms with Crippen molar-refractivity contribution < 1.29 is 0 Å². The number of hydrogen-bond donors (Lipinski definition) is 2. The van der Waals surface area contributed by atoms with Crippen molar-refractivity contribution in [3.63, 3.8) is 0 Å². The molecule has 1 atom stereocenters. The zero-order valence-electron chi connectivity index (χ0n) is 10.1. The maximum atomic E-state index is 11.4. The third kappa shape index (κ3) is 3.01. The SMILES string of the molecule is CC(Nc1nc[nH]c(=O)c1Br)c1ccc(C#N)cc1. The highest BCUT2D eigenvalue weighted by Crippen LogP contribution is 2.21. The molecular weight excluding hydrogens is 308 g/mol. The summed E-state index contributed by atoms with van der Waals surface area (Å²) in [5.74, 6) is 0.487. The molecule has 1 heterocycles. The van der Waals surface area contributed by atoms with Gasteiger partial charge in [0, 0.05) is 6.04 Å². The number of benzene rings is 1. The number of hydrogen-bond acceptors (Lipinski definition) is 4. The van der Waals surface area contributed by atoms with Crippen LogP contribution in [0.3, 0.4) is 0 Å². The minimum absolute atomic E-state index is 0.0293. The number of nitriles is 1. The van der Waals surface area contributed by atoms with Gasteiger partial charge in [-0.1, -0.05) is 12.1 Å². The molecule has 1 aromatic carbocycles. The average molecular weight is 319 g/mol. The van der Waals surface area contributed by atoms with E-state index in [4.69, 9.17) is 5.26 Å². The summed E-state index contributed by atoms with van der Waals surface area (Å²) >= 11 is 3.19. The van der Waals surface area contributed by atoms with Crippen molar-refractivity contribution in [1.29, 1.82) is 5.26 Å². The van der Waals surface area contributed by atoms with E-state index >= 15 is 0 Å². The van der Waals surface area contributed by atoms with E-state index in [0.717, 1.165) is 5.56 Å². The van der Waals surface area contributed by atoms with Gasteiger partial charge < -0.3 is 10.3 Å². The molecule has 1 aromatic heterocycles. The minimum atomic E-state index is -0.232. The van der Waals surface area contributed by atoms with Gasteiger partial charge in [0.2, 0.25) is 0 Å². The van der Waals surface area contributed by atoms with Gasteiger partial charge in [-0.2, -0.15) is 5.26 Å². The molecule has 0 radical (unpaired) electrons. The minimum Gasteiger partial charge on any atom is -0.362 e. The maximum Gasteiger partial charge on any atom is 0.267 e. The Morgan fingerprint density at radius 1 is 1.42 bits per heavy atom. The highest BCUT2D eigenvalue weighted by molar-refractivity contribution is 9.10. The van der Waals surface area contributed by atoms with Crippen molar-refractivity contribution in [2.24, 2.45) is 0 Å². The lowest BCUT2D eigenvalue weighted by molar-refractivity contribution is 0.867. The molecule has 0 spiro atoms. The van der Waals surface area contributed by atoms with Crippen molar-refractivity contribution in [2.45, 2.75) is 13.0 Å². The lowest BCUT2D eigenvalue weighted by Crippen LogP contribution is -2.14. The van der Waals surface area contributed by atoms with E-state index in [-0.39, 0.29) is 11.6 Å². The van der Waals surface area contributed by atoms with Gasteiger partial charge in [-0.05, 0) is 40.5 Å². The van der Waals surface area contributed by atoms with Crippen LogP contribution in [-0.4, -0.2) is 9.97 Å². The van der Waals surface area contributed by atoms with Gasteiger partial charge in [0.1, 0.15) is 10.3 Å².